The van der Waals surface area contributed by atoms with Gasteiger partial charge in [0, 0.05) is 16.5 Å². The van der Waals surface area contributed by atoms with Crippen LogP contribution in [0.5, 0.6) is 0 Å². The van der Waals surface area contributed by atoms with Gasteiger partial charge in [-0.05, 0) is 26.8 Å². The average molecular weight is 211 g/mol. The Labute approximate surface area is 89.1 Å². The van der Waals surface area contributed by atoms with E-state index >= 15 is 0 Å². The van der Waals surface area contributed by atoms with Crippen LogP contribution in [-0.4, -0.2) is 22.0 Å². The van der Waals surface area contributed by atoms with E-state index in [1.54, 1.807) is 0 Å². The quantitative estimate of drug-likeness (QED) is 0.747. The molecule has 0 saturated carbocycles. The zero-order chi connectivity index (χ0) is 10.1. The lowest BCUT2D eigenvalue weighted by molar-refractivity contribution is 0.602. The molecule has 1 fully saturated rings. The Kier molecular flexibility index (Phi) is 2.83. The van der Waals surface area contributed by atoms with Crippen molar-refractivity contribution in [2.75, 3.05) is 6.54 Å². The number of H-pyrrole nitrogens is 1. The summed E-state index contributed by atoms with van der Waals surface area (Å²) in [7, 11) is 0. The normalized spacial score (nSPS) is 27.9. The molecule has 0 aromatic carbocycles. The predicted octanol–water partition coefficient (Wildman–Crippen LogP) is 2.14. The molecule has 2 N–H and O–H groups in total. The van der Waals surface area contributed by atoms with Crippen LogP contribution in [0.1, 0.15) is 35.7 Å². The van der Waals surface area contributed by atoms with Gasteiger partial charge in [0.05, 0.1) is 11.1 Å². The third-order valence-corrected chi connectivity index (χ3v) is 4.07. The topological polar surface area (TPSA) is 40.7 Å². The third-order valence-electron chi connectivity index (χ3n) is 2.70. The molecular formula is C10H17N3S. The van der Waals surface area contributed by atoms with Crippen LogP contribution in [0.4, 0.5) is 0 Å². The molecule has 78 valence electrons. The Morgan fingerprint density at radius 3 is 2.79 bits per heavy atom. The van der Waals surface area contributed by atoms with Crippen LogP contribution in [0.3, 0.4) is 0 Å². The van der Waals surface area contributed by atoms with Gasteiger partial charge in [-0.25, -0.2) is 0 Å². The van der Waals surface area contributed by atoms with Gasteiger partial charge >= 0.3 is 0 Å². The molecule has 0 amide bonds. The van der Waals surface area contributed by atoms with E-state index in [9.17, 15) is 0 Å². The number of rotatable bonds is 1. The molecule has 14 heavy (non-hydrogen) atoms. The number of nitrogens with one attached hydrogen (secondary N) is 2. The lowest BCUT2D eigenvalue weighted by Crippen LogP contribution is -2.29. The van der Waals surface area contributed by atoms with Crippen molar-refractivity contribution in [2.24, 2.45) is 0 Å². The Bertz CT molecular complexity index is 302. The van der Waals surface area contributed by atoms with Crippen LogP contribution in [0.25, 0.3) is 0 Å². The van der Waals surface area contributed by atoms with E-state index in [0.29, 0.717) is 5.37 Å². The average Bonchev–Trinajstić information content (AvgIpc) is 2.46. The molecule has 0 bridgehead atoms. The third kappa shape index (κ3) is 1.81. The maximum atomic E-state index is 4.24. The van der Waals surface area contributed by atoms with E-state index in [2.05, 4.69) is 36.3 Å². The Balaban J connectivity index is 2.21. The summed E-state index contributed by atoms with van der Waals surface area (Å²) in [5.74, 6) is 0. The maximum absolute atomic E-state index is 4.24. The predicted molar refractivity (Wildman–Crippen MR) is 60.5 cm³/mol. The van der Waals surface area contributed by atoms with Gasteiger partial charge in [0.1, 0.15) is 0 Å². The van der Waals surface area contributed by atoms with Crippen molar-refractivity contribution in [3.63, 3.8) is 0 Å². The van der Waals surface area contributed by atoms with Crippen molar-refractivity contribution in [3.05, 3.63) is 17.0 Å². The van der Waals surface area contributed by atoms with Gasteiger partial charge in [0.2, 0.25) is 0 Å². The van der Waals surface area contributed by atoms with E-state index in [0.717, 1.165) is 17.5 Å². The number of hydrogen-bond donors (Lipinski definition) is 2. The van der Waals surface area contributed by atoms with Crippen LogP contribution in [0.15, 0.2) is 0 Å². The second-order valence-electron chi connectivity index (χ2n) is 3.92. The molecule has 1 aliphatic heterocycles. The molecule has 0 radical (unpaired) electrons. The fraction of sp³-hybridized carbons (Fsp3) is 0.700. The van der Waals surface area contributed by atoms with Crippen molar-refractivity contribution in [1.82, 2.24) is 15.5 Å². The number of aryl methyl sites for hydroxylation is 2. The van der Waals surface area contributed by atoms with Gasteiger partial charge in [-0.2, -0.15) is 5.10 Å². The Morgan fingerprint density at radius 1 is 1.43 bits per heavy atom. The van der Waals surface area contributed by atoms with Crippen molar-refractivity contribution in [1.29, 1.82) is 0 Å². The number of hydrogen-bond acceptors (Lipinski definition) is 3. The first kappa shape index (κ1) is 10.1. The molecule has 3 nitrogen and oxygen atoms in total. The SMILES string of the molecule is Cc1n[nH]c(C)c1C1NCCC(C)S1. The highest BCUT2D eigenvalue weighted by atomic mass is 32.2. The molecule has 0 spiro atoms. The number of aromatic nitrogens is 2. The molecule has 2 atom stereocenters. The second kappa shape index (κ2) is 3.95. The highest BCUT2D eigenvalue weighted by molar-refractivity contribution is 8.00. The highest BCUT2D eigenvalue weighted by Gasteiger charge is 2.24. The van der Waals surface area contributed by atoms with Crippen molar-refractivity contribution >= 4 is 11.8 Å². The summed E-state index contributed by atoms with van der Waals surface area (Å²) < 4.78 is 0. The standard InChI is InChI=1S/C10H17N3S/c1-6-4-5-11-10(14-6)9-7(2)12-13-8(9)3/h6,10-11H,4-5H2,1-3H3,(H,12,13). The second-order valence-corrected chi connectivity index (χ2v) is 5.47. The minimum Gasteiger partial charge on any atom is -0.301 e. The van der Waals surface area contributed by atoms with E-state index < -0.39 is 0 Å². The summed E-state index contributed by atoms with van der Waals surface area (Å²) >= 11 is 2.00. The fourth-order valence-corrected chi connectivity index (χ4v) is 3.30. The van der Waals surface area contributed by atoms with Crippen LogP contribution < -0.4 is 5.32 Å². The molecule has 1 aromatic heterocycles. The van der Waals surface area contributed by atoms with Crippen LogP contribution in [-0.2, 0) is 0 Å². The molecule has 4 heteroatoms. The molecule has 1 saturated heterocycles. The molecular weight excluding hydrogens is 194 g/mol. The maximum Gasteiger partial charge on any atom is 0.0828 e. The molecule has 2 heterocycles. The largest absolute Gasteiger partial charge is 0.301 e. The lowest BCUT2D eigenvalue weighted by Gasteiger charge is -2.28. The summed E-state index contributed by atoms with van der Waals surface area (Å²) in [6.07, 6.45) is 1.26. The van der Waals surface area contributed by atoms with Gasteiger partial charge in [0.15, 0.2) is 0 Å². The van der Waals surface area contributed by atoms with Gasteiger partial charge in [-0.3, -0.25) is 5.10 Å². The van der Waals surface area contributed by atoms with Gasteiger partial charge < -0.3 is 5.32 Å². The first-order valence-electron chi connectivity index (χ1n) is 5.09. The summed E-state index contributed by atoms with van der Waals surface area (Å²) in [6, 6.07) is 0. The minimum atomic E-state index is 0.428. The minimum absolute atomic E-state index is 0.428. The van der Waals surface area contributed by atoms with Crippen LogP contribution in [0.2, 0.25) is 0 Å². The Morgan fingerprint density at radius 2 is 2.21 bits per heavy atom. The van der Waals surface area contributed by atoms with Gasteiger partial charge in [-0.15, -0.1) is 11.8 Å². The molecule has 1 aromatic rings. The Hall–Kier alpha value is -0.480. The summed E-state index contributed by atoms with van der Waals surface area (Å²) in [6.45, 7) is 7.57. The lowest BCUT2D eigenvalue weighted by atomic mass is 10.2. The molecule has 0 aliphatic carbocycles. The van der Waals surface area contributed by atoms with Crippen LogP contribution in [0, 0.1) is 13.8 Å². The van der Waals surface area contributed by atoms with E-state index in [-0.39, 0.29) is 0 Å². The smallest absolute Gasteiger partial charge is 0.0828 e. The monoisotopic (exact) mass is 211 g/mol. The van der Waals surface area contributed by atoms with Crippen molar-refractivity contribution < 1.29 is 0 Å². The molecule has 1 aliphatic rings. The van der Waals surface area contributed by atoms with Crippen LogP contribution >= 0.6 is 11.8 Å². The van der Waals surface area contributed by atoms with Crippen molar-refractivity contribution in [2.45, 2.75) is 37.8 Å². The fourth-order valence-electron chi connectivity index (χ4n) is 1.88. The number of thioether (sulfide) groups is 1. The van der Waals surface area contributed by atoms with E-state index in [1.165, 1.54) is 17.7 Å². The molecule has 2 rings (SSSR count). The first-order valence-corrected chi connectivity index (χ1v) is 6.03. The van der Waals surface area contributed by atoms with Crippen molar-refractivity contribution in [3.8, 4) is 0 Å². The van der Waals surface area contributed by atoms with Gasteiger partial charge in [0.25, 0.3) is 0 Å². The number of nitrogens with zero attached hydrogens (tertiary/aromatic N) is 1. The summed E-state index contributed by atoms with van der Waals surface area (Å²) in [4.78, 5) is 0. The molecule has 2 unspecified atom stereocenters. The first-order chi connectivity index (χ1) is 6.68. The highest BCUT2D eigenvalue weighted by Crippen LogP contribution is 2.36. The zero-order valence-electron chi connectivity index (χ0n) is 8.92. The summed E-state index contributed by atoms with van der Waals surface area (Å²) in [5, 5.41) is 12.0. The van der Waals surface area contributed by atoms with E-state index in [1.807, 2.05) is 11.8 Å². The zero-order valence-corrected chi connectivity index (χ0v) is 9.74. The van der Waals surface area contributed by atoms with E-state index in [4.69, 9.17) is 0 Å². The number of aromatic amines is 1. The van der Waals surface area contributed by atoms with Gasteiger partial charge in [-0.1, -0.05) is 6.92 Å². The summed E-state index contributed by atoms with van der Waals surface area (Å²) in [5.41, 5.74) is 3.67.